The van der Waals surface area contributed by atoms with Gasteiger partial charge in [0.25, 0.3) is 0 Å². The molecule has 0 saturated heterocycles. The zero-order valence-corrected chi connectivity index (χ0v) is 14.3. The lowest BCUT2D eigenvalue weighted by Crippen LogP contribution is -2.13. The van der Waals surface area contributed by atoms with Crippen molar-refractivity contribution in [2.75, 3.05) is 5.75 Å². The molecule has 0 spiro atoms. The number of hydrogen-bond donors (Lipinski definition) is 0. The van der Waals surface area contributed by atoms with E-state index in [2.05, 4.69) is 29.8 Å². The van der Waals surface area contributed by atoms with E-state index in [4.69, 9.17) is 0 Å². The largest absolute Gasteiger partial charge is 0.224 e. The van der Waals surface area contributed by atoms with Gasteiger partial charge in [-0.15, -0.1) is 0 Å². The van der Waals surface area contributed by atoms with Crippen molar-refractivity contribution < 1.29 is 8.42 Å². The van der Waals surface area contributed by atoms with Gasteiger partial charge in [0.15, 0.2) is 9.84 Å². The minimum Gasteiger partial charge on any atom is -0.224 e. The zero-order chi connectivity index (χ0) is 14.5. The summed E-state index contributed by atoms with van der Waals surface area (Å²) in [5.74, 6) is 0.824. The van der Waals surface area contributed by atoms with E-state index in [9.17, 15) is 8.42 Å². The highest BCUT2D eigenvalue weighted by Gasteiger charge is 2.19. The van der Waals surface area contributed by atoms with Crippen molar-refractivity contribution >= 4 is 25.8 Å². The van der Waals surface area contributed by atoms with Crippen LogP contribution in [0.25, 0.3) is 0 Å². The second-order valence-corrected chi connectivity index (χ2v) is 8.73. The Hall–Kier alpha value is -0.350. The van der Waals surface area contributed by atoms with Crippen LogP contribution in [0.15, 0.2) is 29.2 Å². The summed E-state index contributed by atoms with van der Waals surface area (Å²) in [4.78, 5) is 0.829. The molecular weight excluding hydrogens is 324 g/mol. The molecule has 1 aromatic carbocycles. The van der Waals surface area contributed by atoms with E-state index in [1.165, 1.54) is 0 Å². The number of rotatable bonds is 7. The lowest BCUT2D eigenvalue weighted by Gasteiger charge is -2.15. The van der Waals surface area contributed by atoms with Gasteiger partial charge in [-0.25, -0.2) is 8.42 Å². The summed E-state index contributed by atoms with van der Waals surface area (Å²) < 4.78 is 24.5. The molecule has 0 heterocycles. The van der Waals surface area contributed by atoms with Crippen LogP contribution >= 0.6 is 15.9 Å². The smallest absolute Gasteiger partial charge is 0.178 e. The Labute approximate surface area is 125 Å². The van der Waals surface area contributed by atoms with Crippen LogP contribution in [-0.4, -0.2) is 19.0 Å². The van der Waals surface area contributed by atoms with Gasteiger partial charge < -0.3 is 0 Å². The van der Waals surface area contributed by atoms with Crippen LogP contribution in [-0.2, 0) is 16.3 Å². The van der Waals surface area contributed by atoms with Gasteiger partial charge in [0, 0.05) is 4.83 Å². The number of sulfone groups is 1. The zero-order valence-electron chi connectivity index (χ0n) is 11.9. The minimum atomic E-state index is -3.14. The van der Waals surface area contributed by atoms with E-state index in [1.807, 2.05) is 19.1 Å². The first-order valence-electron chi connectivity index (χ1n) is 6.81. The van der Waals surface area contributed by atoms with E-state index >= 15 is 0 Å². The molecule has 0 saturated carbocycles. The van der Waals surface area contributed by atoms with Gasteiger partial charge in [0.05, 0.1) is 10.6 Å². The first kappa shape index (κ1) is 16.7. The van der Waals surface area contributed by atoms with Gasteiger partial charge in [-0.2, -0.15) is 0 Å². The van der Waals surface area contributed by atoms with Crippen molar-refractivity contribution in [2.45, 2.75) is 49.8 Å². The van der Waals surface area contributed by atoms with Crippen LogP contribution in [0.2, 0.25) is 0 Å². The second-order valence-electron chi connectivity index (χ2n) is 5.36. The quantitative estimate of drug-likeness (QED) is 0.692. The fraction of sp³-hybridized carbons (Fsp3) is 0.600. The average Bonchev–Trinajstić information content (AvgIpc) is 2.28. The highest BCUT2D eigenvalue weighted by Crippen LogP contribution is 2.24. The number of alkyl halides is 1. The normalized spacial score (nSPS) is 13.7. The Morgan fingerprint density at radius 3 is 2.42 bits per heavy atom. The number of halogens is 1. The molecule has 1 rings (SSSR count). The SMILES string of the molecule is CCCS(=O)(=O)c1ccccc1CC(Br)CC(C)C. The molecule has 0 amide bonds. The third-order valence-electron chi connectivity index (χ3n) is 2.95. The average molecular weight is 347 g/mol. The summed E-state index contributed by atoms with van der Waals surface area (Å²) in [6, 6.07) is 7.37. The third-order valence-corrected chi connectivity index (χ3v) is 5.66. The second kappa shape index (κ2) is 7.44. The molecule has 108 valence electrons. The van der Waals surface area contributed by atoms with Gasteiger partial charge >= 0.3 is 0 Å². The molecule has 19 heavy (non-hydrogen) atoms. The predicted molar refractivity (Wildman–Crippen MR) is 84.7 cm³/mol. The first-order chi connectivity index (χ1) is 8.86. The molecule has 0 radical (unpaired) electrons. The summed E-state index contributed by atoms with van der Waals surface area (Å²) in [5.41, 5.74) is 0.929. The van der Waals surface area contributed by atoms with Crippen molar-refractivity contribution in [3.05, 3.63) is 29.8 Å². The lowest BCUT2D eigenvalue weighted by atomic mass is 10.0. The third kappa shape index (κ3) is 5.27. The summed E-state index contributed by atoms with van der Waals surface area (Å²) in [5, 5.41) is 0. The molecule has 0 bridgehead atoms. The summed E-state index contributed by atoms with van der Waals surface area (Å²) >= 11 is 3.66. The molecule has 0 fully saturated rings. The van der Waals surface area contributed by atoms with Crippen LogP contribution in [0.4, 0.5) is 0 Å². The Morgan fingerprint density at radius 2 is 1.84 bits per heavy atom. The van der Waals surface area contributed by atoms with Crippen LogP contribution in [0, 0.1) is 5.92 Å². The van der Waals surface area contributed by atoms with E-state index < -0.39 is 9.84 Å². The van der Waals surface area contributed by atoms with Crippen LogP contribution in [0.3, 0.4) is 0 Å². The molecule has 4 heteroatoms. The van der Waals surface area contributed by atoms with Crippen LogP contribution in [0.5, 0.6) is 0 Å². The Balaban J connectivity index is 2.97. The molecular formula is C15H23BrO2S. The Morgan fingerprint density at radius 1 is 1.21 bits per heavy atom. The highest BCUT2D eigenvalue weighted by atomic mass is 79.9. The molecule has 1 unspecified atom stereocenters. The van der Waals surface area contributed by atoms with Gasteiger partial charge in [0.2, 0.25) is 0 Å². The predicted octanol–water partition coefficient (Wildman–Crippen LogP) is 4.22. The van der Waals surface area contributed by atoms with Crippen molar-refractivity contribution in [1.82, 2.24) is 0 Å². The molecule has 2 nitrogen and oxygen atoms in total. The maximum absolute atomic E-state index is 12.2. The number of benzene rings is 1. The van der Waals surface area contributed by atoms with Crippen molar-refractivity contribution in [3.63, 3.8) is 0 Å². The van der Waals surface area contributed by atoms with Crippen molar-refractivity contribution in [2.24, 2.45) is 5.92 Å². The minimum absolute atomic E-state index is 0.223. The van der Waals surface area contributed by atoms with Gasteiger partial charge in [-0.1, -0.05) is 54.9 Å². The molecule has 0 aliphatic carbocycles. The van der Waals surface area contributed by atoms with Crippen molar-refractivity contribution in [1.29, 1.82) is 0 Å². The standard InChI is InChI=1S/C15H23BrO2S/c1-4-9-19(17,18)15-8-6-5-7-13(15)11-14(16)10-12(2)3/h5-8,12,14H,4,9-11H2,1-3H3. The molecule has 0 aliphatic rings. The maximum atomic E-state index is 12.2. The van der Waals surface area contributed by atoms with Crippen LogP contribution < -0.4 is 0 Å². The fourth-order valence-electron chi connectivity index (χ4n) is 2.19. The molecule has 1 aromatic rings. The van der Waals surface area contributed by atoms with Crippen LogP contribution in [0.1, 0.15) is 39.2 Å². The molecule has 0 aromatic heterocycles. The van der Waals surface area contributed by atoms with Crippen molar-refractivity contribution in [3.8, 4) is 0 Å². The van der Waals surface area contributed by atoms with Gasteiger partial charge in [-0.3, -0.25) is 0 Å². The summed E-state index contributed by atoms with van der Waals surface area (Å²) in [7, 11) is -3.14. The van der Waals surface area contributed by atoms with E-state index in [1.54, 1.807) is 12.1 Å². The summed E-state index contributed by atoms with van der Waals surface area (Å²) in [6.45, 7) is 6.24. The van der Waals surface area contributed by atoms with Gasteiger partial charge in [-0.05, 0) is 36.8 Å². The van der Waals surface area contributed by atoms with Gasteiger partial charge in [0.1, 0.15) is 0 Å². The Kier molecular flexibility index (Phi) is 6.54. The van der Waals surface area contributed by atoms with E-state index in [0.29, 0.717) is 22.1 Å². The van der Waals surface area contributed by atoms with E-state index in [-0.39, 0.29) is 5.75 Å². The molecule has 0 N–H and O–H groups in total. The first-order valence-corrected chi connectivity index (χ1v) is 9.38. The monoisotopic (exact) mass is 346 g/mol. The maximum Gasteiger partial charge on any atom is 0.178 e. The highest BCUT2D eigenvalue weighted by molar-refractivity contribution is 9.09. The topological polar surface area (TPSA) is 34.1 Å². The number of hydrogen-bond acceptors (Lipinski definition) is 2. The fourth-order valence-corrected chi connectivity index (χ4v) is 4.88. The van der Waals surface area contributed by atoms with E-state index in [0.717, 1.165) is 18.4 Å². The summed E-state index contributed by atoms with van der Waals surface area (Å²) in [6.07, 6.45) is 2.46. The molecule has 1 atom stereocenters. The lowest BCUT2D eigenvalue weighted by molar-refractivity contribution is 0.567. The Bertz CT molecular complexity index is 495. The molecule has 0 aliphatic heterocycles.